The molecular weight excluding hydrogens is 440 g/mol. The van der Waals surface area contributed by atoms with Crippen molar-refractivity contribution in [3.63, 3.8) is 0 Å². The predicted molar refractivity (Wildman–Crippen MR) is 127 cm³/mol. The zero-order valence-electron chi connectivity index (χ0n) is 18.4. The summed E-state index contributed by atoms with van der Waals surface area (Å²) in [6.45, 7) is 8.41. The Morgan fingerprint density at radius 1 is 1.24 bits per heavy atom. The molecule has 3 heterocycles. The molecule has 8 heteroatoms. The van der Waals surface area contributed by atoms with Crippen LogP contribution in [0, 0.1) is 0 Å². The maximum absolute atomic E-state index is 13.3. The van der Waals surface area contributed by atoms with E-state index in [1.165, 1.54) is 11.3 Å². The van der Waals surface area contributed by atoms with Crippen molar-refractivity contribution in [1.82, 2.24) is 9.80 Å². The number of ketones is 1. The van der Waals surface area contributed by atoms with Crippen LogP contribution in [-0.2, 0) is 9.53 Å². The van der Waals surface area contributed by atoms with Crippen LogP contribution in [-0.4, -0.2) is 72.6 Å². The fourth-order valence-corrected chi connectivity index (χ4v) is 4.90. The minimum atomic E-state index is -0.677. The molecule has 2 aliphatic rings. The van der Waals surface area contributed by atoms with E-state index in [1.807, 2.05) is 24.3 Å². The van der Waals surface area contributed by atoms with E-state index in [0.29, 0.717) is 37.0 Å². The molecule has 0 bridgehead atoms. The third kappa shape index (κ3) is 5.19. The molecule has 1 fully saturated rings. The SMILES string of the molecule is C=CCOc1cccc([C@@H]2C(C(=O)c3cccs3)=C(O)C(=O)N2CCCN2CCOCC2)c1. The summed E-state index contributed by atoms with van der Waals surface area (Å²) in [7, 11) is 0. The lowest BCUT2D eigenvalue weighted by atomic mass is 9.95. The number of ether oxygens (including phenoxy) is 2. The van der Waals surface area contributed by atoms with Crippen molar-refractivity contribution in [2.75, 3.05) is 46.0 Å². The number of rotatable bonds is 10. The van der Waals surface area contributed by atoms with Gasteiger partial charge in [0.25, 0.3) is 5.91 Å². The lowest BCUT2D eigenvalue weighted by Crippen LogP contribution is -2.39. The zero-order chi connectivity index (χ0) is 23.2. The summed E-state index contributed by atoms with van der Waals surface area (Å²) in [6, 6.07) is 10.1. The normalized spacial score (nSPS) is 19.2. The van der Waals surface area contributed by atoms with Crippen molar-refractivity contribution in [1.29, 1.82) is 0 Å². The van der Waals surface area contributed by atoms with Gasteiger partial charge in [0.05, 0.1) is 29.7 Å². The minimum absolute atomic E-state index is 0.120. The minimum Gasteiger partial charge on any atom is -0.503 e. The Balaban J connectivity index is 1.61. The summed E-state index contributed by atoms with van der Waals surface area (Å²) in [4.78, 5) is 30.8. The number of carbonyl (C=O) groups excluding carboxylic acids is 2. The Bertz CT molecular complexity index is 1030. The second-order valence-corrected chi connectivity index (χ2v) is 8.90. The van der Waals surface area contributed by atoms with E-state index >= 15 is 0 Å². The number of thiophene rings is 1. The molecule has 2 aromatic rings. The molecule has 1 aromatic heterocycles. The second-order valence-electron chi connectivity index (χ2n) is 7.95. The van der Waals surface area contributed by atoms with Gasteiger partial charge in [-0.05, 0) is 35.6 Å². The van der Waals surface area contributed by atoms with E-state index in [9.17, 15) is 14.7 Å². The zero-order valence-corrected chi connectivity index (χ0v) is 19.3. The van der Waals surface area contributed by atoms with Crippen LogP contribution in [0.15, 0.2) is 65.8 Å². The Morgan fingerprint density at radius 2 is 2.06 bits per heavy atom. The van der Waals surface area contributed by atoms with Gasteiger partial charge in [-0.2, -0.15) is 0 Å². The molecule has 0 spiro atoms. The van der Waals surface area contributed by atoms with E-state index in [2.05, 4.69) is 11.5 Å². The molecular formula is C25H28N2O5S. The van der Waals surface area contributed by atoms with E-state index in [1.54, 1.807) is 28.5 Å². The summed E-state index contributed by atoms with van der Waals surface area (Å²) in [5, 5.41) is 12.6. The monoisotopic (exact) mass is 468 g/mol. The standard InChI is InChI=1S/C25H28N2O5S/c1-2-13-32-19-7-3-6-18(17-19)22-21(23(28)20-8-4-16-33-20)24(29)25(30)27(22)10-5-9-26-11-14-31-15-12-26/h2-4,6-8,16-17,22,29H,1,5,9-15H2/t22-/m1/s1. The molecule has 0 saturated carbocycles. The van der Waals surface area contributed by atoms with Crippen molar-refractivity contribution in [3.05, 3.63) is 76.2 Å². The maximum atomic E-state index is 13.3. The van der Waals surface area contributed by atoms with E-state index < -0.39 is 17.7 Å². The lowest BCUT2D eigenvalue weighted by Gasteiger charge is -2.30. The Hall–Kier alpha value is -2.94. The average molecular weight is 469 g/mol. The topological polar surface area (TPSA) is 79.3 Å². The van der Waals surface area contributed by atoms with Gasteiger partial charge < -0.3 is 19.5 Å². The van der Waals surface area contributed by atoms with E-state index in [0.717, 1.165) is 31.6 Å². The van der Waals surface area contributed by atoms with Gasteiger partial charge in [0.1, 0.15) is 12.4 Å². The number of hydrogen-bond donors (Lipinski definition) is 1. The third-order valence-electron chi connectivity index (χ3n) is 5.81. The Labute approximate surface area is 197 Å². The van der Waals surface area contributed by atoms with Crippen molar-refractivity contribution in [2.45, 2.75) is 12.5 Å². The summed E-state index contributed by atoms with van der Waals surface area (Å²) >= 11 is 1.29. The van der Waals surface area contributed by atoms with Crippen molar-refractivity contribution >= 4 is 23.0 Å². The van der Waals surface area contributed by atoms with Crippen LogP contribution in [0.4, 0.5) is 0 Å². The highest BCUT2D eigenvalue weighted by Gasteiger charge is 2.43. The fraction of sp³-hybridized carbons (Fsp3) is 0.360. The van der Waals surface area contributed by atoms with Crippen LogP contribution in [0.25, 0.3) is 0 Å². The summed E-state index contributed by atoms with van der Waals surface area (Å²) in [5.41, 5.74) is 0.843. The molecule has 7 nitrogen and oxygen atoms in total. The number of Topliss-reactive ketones (excluding diaryl/α,β-unsaturated/α-hetero) is 1. The highest BCUT2D eigenvalue weighted by Crippen LogP contribution is 2.40. The van der Waals surface area contributed by atoms with Crippen LogP contribution < -0.4 is 4.74 Å². The first-order chi connectivity index (χ1) is 16.1. The number of aliphatic hydroxyl groups excluding tert-OH is 1. The average Bonchev–Trinajstić information content (AvgIpc) is 3.46. The first kappa shape index (κ1) is 23.2. The molecule has 0 radical (unpaired) electrons. The molecule has 0 unspecified atom stereocenters. The number of morpholine rings is 1. The number of benzene rings is 1. The van der Waals surface area contributed by atoms with Crippen molar-refractivity contribution in [3.8, 4) is 5.75 Å². The molecule has 174 valence electrons. The summed E-state index contributed by atoms with van der Waals surface area (Å²) < 4.78 is 11.1. The molecule has 1 N–H and O–H groups in total. The van der Waals surface area contributed by atoms with Gasteiger partial charge in [-0.15, -0.1) is 11.3 Å². The van der Waals surface area contributed by atoms with Crippen LogP contribution in [0.5, 0.6) is 5.75 Å². The number of nitrogens with zero attached hydrogens (tertiary/aromatic N) is 2. The third-order valence-corrected chi connectivity index (χ3v) is 6.68. The molecule has 1 saturated heterocycles. The van der Waals surface area contributed by atoms with Crippen molar-refractivity contribution < 1.29 is 24.2 Å². The van der Waals surface area contributed by atoms with Crippen molar-refractivity contribution in [2.24, 2.45) is 0 Å². The number of amides is 1. The van der Waals surface area contributed by atoms with Gasteiger partial charge in [-0.3, -0.25) is 14.5 Å². The number of carbonyl (C=O) groups is 2. The summed E-state index contributed by atoms with van der Waals surface area (Å²) in [6.07, 6.45) is 2.38. The fourth-order valence-electron chi connectivity index (χ4n) is 4.22. The first-order valence-electron chi connectivity index (χ1n) is 11.1. The highest BCUT2D eigenvalue weighted by molar-refractivity contribution is 7.12. The Kier molecular flexibility index (Phi) is 7.59. The molecule has 4 rings (SSSR count). The number of aliphatic hydroxyl groups is 1. The van der Waals surface area contributed by atoms with Gasteiger partial charge in [0.15, 0.2) is 5.76 Å². The van der Waals surface area contributed by atoms with Gasteiger partial charge in [-0.25, -0.2) is 0 Å². The molecule has 2 aliphatic heterocycles. The predicted octanol–water partition coefficient (Wildman–Crippen LogP) is 3.61. The number of hydrogen-bond acceptors (Lipinski definition) is 7. The van der Waals surface area contributed by atoms with Gasteiger partial charge in [-0.1, -0.05) is 30.9 Å². The highest BCUT2D eigenvalue weighted by atomic mass is 32.1. The smallest absolute Gasteiger partial charge is 0.290 e. The van der Waals surface area contributed by atoms with Gasteiger partial charge >= 0.3 is 0 Å². The molecule has 33 heavy (non-hydrogen) atoms. The Morgan fingerprint density at radius 3 is 2.79 bits per heavy atom. The van der Waals surface area contributed by atoms with Crippen LogP contribution in [0.3, 0.4) is 0 Å². The first-order valence-corrected chi connectivity index (χ1v) is 11.9. The van der Waals surface area contributed by atoms with Crippen LogP contribution >= 0.6 is 11.3 Å². The van der Waals surface area contributed by atoms with Gasteiger partial charge in [0, 0.05) is 26.2 Å². The molecule has 1 aromatic carbocycles. The molecule has 0 aliphatic carbocycles. The van der Waals surface area contributed by atoms with E-state index in [-0.39, 0.29) is 11.4 Å². The second kappa shape index (κ2) is 10.8. The van der Waals surface area contributed by atoms with E-state index in [4.69, 9.17) is 9.47 Å². The largest absolute Gasteiger partial charge is 0.503 e. The summed E-state index contributed by atoms with van der Waals surface area (Å²) in [5.74, 6) is -0.696. The lowest BCUT2D eigenvalue weighted by molar-refractivity contribution is -0.129. The maximum Gasteiger partial charge on any atom is 0.290 e. The molecule has 1 atom stereocenters. The van der Waals surface area contributed by atoms with Crippen LogP contribution in [0.2, 0.25) is 0 Å². The van der Waals surface area contributed by atoms with Gasteiger partial charge in [0.2, 0.25) is 5.78 Å². The van der Waals surface area contributed by atoms with Crippen LogP contribution in [0.1, 0.15) is 27.7 Å². The quantitative estimate of drug-likeness (QED) is 0.424. The molecule has 1 amide bonds.